The molecule has 2 rings (SSSR count). The highest BCUT2D eigenvalue weighted by molar-refractivity contribution is 7.89. The van der Waals surface area contributed by atoms with Crippen molar-refractivity contribution < 1.29 is 18.0 Å². The Morgan fingerprint density at radius 2 is 1.81 bits per heavy atom. The molecule has 9 nitrogen and oxygen atoms in total. The maximum Gasteiger partial charge on any atom is 0.253 e. The molecule has 0 spiro atoms. The molecule has 1 heterocycles. The lowest BCUT2D eigenvalue weighted by Crippen LogP contribution is -2.47. The summed E-state index contributed by atoms with van der Waals surface area (Å²) in [6, 6.07) is 6.20. The molecule has 0 aliphatic carbocycles. The van der Waals surface area contributed by atoms with Crippen LogP contribution in [0.5, 0.6) is 0 Å². The molecule has 27 heavy (non-hydrogen) atoms. The zero-order chi connectivity index (χ0) is 20.0. The molecule has 0 fully saturated rings. The summed E-state index contributed by atoms with van der Waals surface area (Å²) in [5.74, 6) is -1.04. The highest BCUT2D eigenvalue weighted by atomic mass is 32.2. The number of carbonyl (C=O) groups is 2. The second-order valence-corrected chi connectivity index (χ2v) is 8.28. The Labute approximate surface area is 158 Å². The standard InChI is InChI=1S/C17H23N5O4S/c1-13-4-6-15(7-5-13)27(25,26)21(3)11-17(24)20-19-16(23)10-14(2)22-9-8-18-12-22/h4-9,12,14H,10-11H2,1-3H3,(H,19,23)(H,20,24). The van der Waals surface area contributed by atoms with Crippen LogP contribution in [0.3, 0.4) is 0 Å². The van der Waals surface area contributed by atoms with Crippen molar-refractivity contribution in [3.05, 3.63) is 48.5 Å². The third-order valence-corrected chi connectivity index (χ3v) is 5.77. The first-order chi connectivity index (χ1) is 12.7. The van der Waals surface area contributed by atoms with Gasteiger partial charge in [0, 0.05) is 31.9 Å². The largest absolute Gasteiger partial charge is 0.334 e. The predicted molar refractivity (Wildman–Crippen MR) is 98.8 cm³/mol. The molecule has 1 atom stereocenters. The SMILES string of the molecule is Cc1ccc(S(=O)(=O)N(C)CC(=O)NNC(=O)CC(C)n2ccnc2)cc1. The van der Waals surface area contributed by atoms with Crippen molar-refractivity contribution in [2.75, 3.05) is 13.6 Å². The number of hydrogen-bond donors (Lipinski definition) is 2. The summed E-state index contributed by atoms with van der Waals surface area (Å²) >= 11 is 0. The molecule has 2 N–H and O–H groups in total. The van der Waals surface area contributed by atoms with E-state index >= 15 is 0 Å². The van der Waals surface area contributed by atoms with Crippen molar-refractivity contribution in [1.29, 1.82) is 0 Å². The number of likely N-dealkylation sites (N-methyl/N-ethyl adjacent to an activating group) is 1. The second kappa shape index (κ2) is 8.78. The van der Waals surface area contributed by atoms with Gasteiger partial charge in [-0.05, 0) is 26.0 Å². The number of hydrogen-bond acceptors (Lipinski definition) is 5. The molecule has 10 heteroatoms. The van der Waals surface area contributed by atoms with Crippen molar-refractivity contribution in [2.24, 2.45) is 0 Å². The van der Waals surface area contributed by atoms with Crippen LogP contribution in [-0.2, 0) is 19.6 Å². The number of nitrogens with one attached hydrogen (secondary N) is 2. The van der Waals surface area contributed by atoms with Crippen molar-refractivity contribution in [2.45, 2.75) is 31.2 Å². The van der Waals surface area contributed by atoms with Crippen molar-refractivity contribution in [3.63, 3.8) is 0 Å². The Morgan fingerprint density at radius 1 is 1.19 bits per heavy atom. The minimum Gasteiger partial charge on any atom is -0.334 e. The van der Waals surface area contributed by atoms with E-state index in [1.54, 1.807) is 35.4 Å². The summed E-state index contributed by atoms with van der Waals surface area (Å²) in [6.07, 6.45) is 5.08. The molecule has 1 aromatic heterocycles. The number of rotatable bonds is 7. The molecular formula is C17H23N5O4S. The molecule has 0 aliphatic rings. The third-order valence-electron chi connectivity index (χ3n) is 3.95. The molecule has 146 valence electrons. The first-order valence-electron chi connectivity index (χ1n) is 8.28. The van der Waals surface area contributed by atoms with E-state index in [0.29, 0.717) is 0 Å². The van der Waals surface area contributed by atoms with E-state index in [1.807, 2.05) is 13.8 Å². The van der Waals surface area contributed by atoms with Crippen molar-refractivity contribution in [1.82, 2.24) is 24.7 Å². The van der Waals surface area contributed by atoms with Crippen LogP contribution >= 0.6 is 0 Å². The Bertz CT molecular complexity index is 879. The van der Waals surface area contributed by atoms with Crippen LogP contribution in [0.15, 0.2) is 47.9 Å². The Balaban J connectivity index is 1.84. The van der Waals surface area contributed by atoms with E-state index in [-0.39, 0.29) is 17.4 Å². The Morgan fingerprint density at radius 3 is 2.41 bits per heavy atom. The monoisotopic (exact) mass is 393 g/mol. The third kappa shape index (κ3) is 5.63. The van der Waals surface area contributed by atoms with Crippen LogP contribution < -0.4 is 10.9 Å². The average molecular weight is 393 g/mol. The smallest absolute Gasteiger partial charge is 0.253 e. The maximum absolute atomic E-state index is 12.4. The van der Waals surface area contributed by atoms with Crippen LogP contribution in [0.1, 0.15) is 24.9 Å². The molecule has 0 radical (unpaired) electrons. The number of hydrazine groups is 1. The molecule has 0 saturated carbocycles. The van der Waals surface area contributed by atoms with Gasteiger partial charge in [-0.1, -0.05) is 17.7 Å². The van der Waals surface area contributed by atoms with E-state index in [0.717, 1.165) is 9.87 Å². The van der Waals surface area contributed by atoms with Gasteiger partial charge in [0.2, 0.25) is 15.9 Å². The van der Waals surface area contributed by atoms with Gasteiger partial charge in [-0.3, -0.25) is 20.4 Å². The van der Waals surface area contributed by atoms with Crippen LogP contribution in [-0.4, -0.2) is 47.7 Å². The molecule has 2 amide bonds. The van der Waals surface area contributed by atoms with Gasteiger partial charge in [0.05, 0.1) is 17.8 Å². The van der Waals surface area contributed by atoms with Gasteiger partial charge in [0.15, 0.2) is 0 Å². The van der Waals surface area contributed by atoms with E-state index in [1.165, 1.54) is 19.2 Å². The normalized spacial score (nSPS) is 12.6. The molecule has 0 bridgehead atoms. The zero-order valence-corrected chi connectivity index (χ0v) is 16.2. The van der Waals surface area contributed by atoms with Gasteiger partial charge in [-0.2, -0.15) is 4.31 Å². The summed E-state index contributed by atoms with van der Waals surface area (Å²) in [4.78, 5) is 27.9. The fraction of sp³-hybridized carbons (Fsp3) is 0.353. The number of sulfonamides is 1. The number of aromatic nitrogens is 2. The van der Waals surface area contributed by atoms with Gasteiger partial charge >= 0.3 is 0 Å². The van der Waals surface area contributed by atoms with Crippen LogP contribution in [0.2, 0.25) is 0 Å². The van der Waals surface area contributed by atoms with E-state index in [2.05, 4.69) is 15.8 Å². The van der Waals surface area contributed by atoms with Gasteiger partial charge in [-0.15, -0.1) is 0 Å². The van der Waals surface area contributed by atoms with Gasteiger partial charge in [0.1, 0.15) is 0 Å². The number of imidazole rings is 1. The predicted octanol–water partition coefficient (Wildman–Crippen LogP) is 0.611. The zero-order valence-electron chi connectivity index (χ0n) is 15.4. The first kappa shape index (κ1) is 20.6. The lowest BCUT2D eigenvalue weighted by atomic mass is 10.2. The van der Waals surface area contributed by atoms with Gasteiger partial charge in [-0.25, -0.2) is 13.4 Å². The molecule has 0 saturated heterocycles. The molecule has 1 unspecified atom stereocenters. The van der Waals surface area contributed by atoms with Crippen LogP contribution in [0, 0.1) is 6.92 Å². The lowest BCUT2D eigenvalue weighted by Gasteiger charge is -2.17. The van der Waals surface area contributed by atoms with Gasteiger partial charge < -0.3 is 4.57 Å². The minimum atomic E-state index is -3.79. The summed E-state index contributed by atoms with van der Waals surface area (Å²) in [6.45, 7) is 3.27. The Hall–Kier alpha value is -2.72. The average Bonchev–Trinajstić information content (AvgIpc) is 3.15. The van der Waals surface area contributed by atoms with Crippen molar-refractivity contribution in [3.8, 4) is 0 Å². The summed E-state index contributed by atoms with van der Waals surface area (Å²) < 4.78 is 27.6. The summed E-state index contributed by atoms with van der Waals surface area (Å²) in [5, 5.41) is 0. The lowest BCUT2D eigenvalue weighted by molar-refractivity contribution is -0.129. The number of amides is 2. The highest BCUT2D eigenvalue weighted by Crippen LogP contribution is 2.14. The number of benzene rings is 1. The summed E-state index contributed by atoms with van der Waals surface area (Å²) in [7, 11) is -2.49. The van der Waals surface area contributed by atoms with E-state index in [9.17, 15) is 18.0 Å². The molecule has 0 aliphatic heterocycles. The van der Waals surface area contributed by atoms with Crippen molar-refractivity contribution >= 4 is 21.8 Å². The number of carbonyl (C=O) groups excluding carboxylic acids is 2. The fourth-order valence-corrected chi connectivity index (χ4v) is 3.44. The second-order valence-electron chi connectivity index (χ2n) is 6.23. The minimum absolute atomic E-state index is 0.0987. The number of nitrogens with zero attached hydrogens (tertiary/aromatic N) is 3. The molecule has 2 aromatic rings. The Kier molecular flexibility index (Phi) is 6.70. The fourth-order valence-electron chi connectivity index (χ4n) is 2.31. The highest BCUT2D eigenvalue weighted by Gasteiger charge is 2.23. The quantitative estimate of drug-likeness (QED) is 0.669. The first-order valence-corrected chi connectivity index (χ1v) is 9.72. The molecule has 1 aromatic carbocycles. The number of aryl methyl sites for hydroxylation is 1. The van der Waals surface area contributed by atoms with Crippen LogP contribution in [0.25, 0.3) is 0 Å². The summed E-state index contributed by atoms with van der Waals surface area (Å²) in [5.41, 5.74) is 5.45. The van der Waals surface area contributed by atoms with Gasteiger partial charge in [0.25, 0.3) is 5.91 Å². The van der Waals surface area contributed by atoms with E-state index in [4.69, 9.17) is 0 Å². The van der Waals surface area contributed by atoms with Crippen LogP contribution in [0.4, 0.5) is 0 Å². The maximum atomic E-state index is 12.4. The topological polar surface area (TPSA) is 113 Å². The molecular weight excluding hydrogens is 370 g/mol. The van der Waals surface area contributed by atoms with E-state index < -0.39 is 28.4 Å².